The molecule has 0 atom stereocenters. The molecule has 0 aromatic rings. The lowest BCUT2D eigenvalue weighted by Gasteiger charge is -2.13. The molecule has 18 heavy (non-hydrogen) atoms. The molecule has 0 spiro atoms. The number of amides is 4. The minimum atomic E-state index is -0.588. The number of carbonyl (C=O) groups is 2. The number of hydrogen-bond donors (Lipinski definition) is 2. The van der Waals surface area contributed by atoms with Crippen LogP contribution in [0.4, 0.5) is 9.59 Å². The minimum absolute atomic E-state index is 0.0894. The van der Waals surface area contributed by atoms with Gasteiger partial charge in [-0.25, -0.2) is 9.59 Å². The second kappa shape index (κ2) is 7.25. The van der Waals surface area contributed by atoms with E-state index in [1.807, 2.05) is 0 Å². The van der Waals surface area contributed by atoms with Crippen LogP contribution in [0.1, 0.15) is 6.92 Å². The highest BCUT2D eigenvalue weighted by atomic mass is 16.5. The molecule has 2 N–H and O–H groups in total. The van der Waals surface area contributed by atoms with Gasteiger partial charge in [0.25, 0.3) is 0 Å². The van der Waals surface area contributed by atoms with E-state index >= 15 is 0 Å². The first-order valence-electron chi connectivity index (χ1n) is 5.67. The summed E-state index contributed by atoms with van der Waals surface area (Å²) in [6.07, 6.45) is 0. The Labute approximate surface area is 105 Å². The summed E-state index contributed by atoms with van der Waals surface area (Å²) in [7, 11) is 0. The highest BCUT2D eigenvalue weighted by molar-refractivity contribution is 5.76. The molecule has 1 saturated heterocycles. The molecule has 1 rings (SSSR count). The third kappa shape index (κ3) is 4.81. The summed E-state index contributed by atoms with van der Waals surface area (Å²) in [5.74, 6) is 0.0894. The molecule has 1 fully saturated rings. The average Bonchev–Trinajstić information content (AvgIpc) is 2.73. The van der Waals surface area contributed by atoms with E-state index < -0.39 is 6.03 Å². The summed E-state index contributed by atoms with van der Waals surface area (Å²) in [6, 6.07) is -0.703. The predicted octanol–water partition coefficient (Wildman–Crippen LogP) is 0.681. The number of nitrogens with zero attached hydrogens (tertiary/aromatic N) is 3. The first-order valence-corrected chi connectivity index (χ1v) is 5.67. The highest BCUT2D eigenvalue weighted by Crippen LogP contribution is 1.96. The lowest BCUT2D eigenvalue weighted by Crippen LogP contribution is -2.35. The number of nitrogens with one attached hydrogen (secondary N) is 2. The van der Waals surface area contributed by atoms with E-state index in [4.69, 9.17) is 4.74 Å². The minimum Gasteiger partial charge on any atom is -0.477 e. The van der Waals surface area contributed by atoms with Crippen molar-refractivity contribution in [3.05, 3.63) is 12.5 Å². The molecule has 1 heterocycles. The van der Waals surface area contributed by atoms with Crippen molar-refractivity contribution in [1.82, 2.24) is 15.5 Å². The van der Waals surface area contributed by atoms with E-state index in [0.29, 0.717) is 32.8 Å². The Hall–Kier alpha value is -2.12. The van der Waals surface area contributed by atoms with Crippen LogP contribution in [0.2, 0.25) is 0 Å². The van der Waals surface area contributed by atoms with Gasteiger partial charge in [0.1, 0.15) is 0 Å². The first-order chi connectivity index (χ1) is 8.63. The fourth-order valence-electron chi connectivity index (χ4n) is 1.35. The number of rotatable bonds is 6. The van der Waals surface area contributed by atoms with Gasteiger partial charge >= 0.3 is 12.1 Å². The number of carbonyl (C=O) groups excluding carboxylic acids is 2. The average molecular weight is 255 g/mol. The fourth-order valence-corrected chi connectivity index (χ4v) is 1.35. The number of azo groups is 1. The third-order valence-electron chi connectivity index (χ3n) is 2.17. The van der Waals surface area contributed by atoms with Gasteiger partial charge in [-0.2, -0.15) is 0 Å². The molecule has 4 amide bonds. The van der Waals surface area contributed by atoms with E-state index in [-0.39, 0.29) is 11.9 Å². The molecule has 0 aliphatic carbocycles. The second-order valence-corrected chi connectivity index (χ2v) is 3.48. The van der Waals surface area contributed by atoms with Crippen molar-refractivity contribution < 1.29 is 14.3 Å². The third-order valence-corrected chi connectivity index (χ3v) is 2.17. The molecular formula is C10H17N5O3. The summed E-state index contributed by atoms with van der Waals surface area (Å²) in [5.41, 5.74) is 0. The van der Waals surface area contributed by atoms with Crippen LogP contribution in [0, 0.1) is 0 Å². The zero-order valence-electron chi connectivity index (χ0n) is 10.3. The Morgan fingerprint density at radius 1 is 1.61 bits per heavy atom. The molecule has 0 aromatic heterocycles. The molecule has 0 radical (unpaired) electrons. The molecular weight excluding hydrogens is 238 g/mol. The maximum Gasteiger partial charge on any atom is 0.359 e. The lowest BCUT2D eigenvalue weighted by molar-refractivity contribution is 0.215. The van der Waals surface area contributed by atoms with Gasteiger partial charge in [0.05, 0.1) is 6.61 Å². The molecule has 0 unspecified atom stereocenters. The Balaban J connectivity index is 2.17. The molecule has 0 bridgehead atoms. The molecule has 1 aliphatic heterocycles. The van der Waals surface area contributed by atoms with E-state index in [9.17, 15) is 9.59 Å². The topological polar surface area (TPSA) is 95.4 Å². The van der Waals surface area contributed by atoms with E-state index in [2.05, 4.69) is 27.4 Å². The second-order valence-electron chi connectivity index (χ2n) is 3.48. The van der Waals surface area contributed by atoms with Crippen molar-refractivity contribution in [2.45, 2.75) is 6.92 Å². The Morgan fingerprint density at radius 3 is 3.00 bits per heavy atom. The van der Waals surface area contributed by atoms with Crippen LogP contribution in [-0.2, 0) is 4.74 Å². The molecule has 0 aromatic carbocycles. The largest absolute Gasteiger partial charge is 0.477 e. The fraction of sp³-hybridized carbons (Fsp3) is 0.600. The van der Waals surface area contributed by atoms with Crippen LogP contribution < -0.4 is 10.6 Å². The summed E-state index contributed by atoms with van der Waals surface area (Å²) in [5, 5.41) is 12.0. The van der Waals surface area contributed by atoms with Gasteiger partial charge in [0, 0.05) is 26.2 Å². The number of ether oxygens (including phenoxy) is 1. The summed E-state index contributed by atoms with van der Waals surface area (Å²) in [4.78, 5) is 24.0. The molecule has 0 saturated carbocycles. The maximum atomic E-state index is 11.2. The molecule has 8 heteroatoms. The summed E-state index contributed by atoms with van der Waals surface area (Å²) >= 11 is 0. The first kappa shape index (κ1) is 13.9. The highest BCUT2D eigenvalue weighted by Gasteiger charge is 2.18. The van der Waals surface area contributed by atoms with Crippen molar-refractivity contribution in [3.63, 3.8) is 0 Å². The van der Waals surface area contributed by atoms with Crippen molar-refractivity contribution in [1.29, 1.82) is 0 Å². The van der Waals surface area contributed by atoms with E-state index in [1.54, 1.807) is 11.8 Å². The van der Waals surface area contributed by atoms with Crippen molar-refractivity contribution in [2.75, 3.05) is 32.8 Å². The monoisotopic (exact) mass is 255 g/mol. The van der Waals surface area contributed by atoms with Crippen LogP contribution in [-0.4, -0.2) is 49.7 Å². The normalized spacial score (nSPS) is 14.7. The van der Waals surface area contributed by atoms with E-state index in [0.717, 1.165) is 0 Å². The van der Waals surface area contributed by atoms with Crippen LogP contribution in [0.5, 0.6) is 0 Å². The zero-order valence-corrected chi connectivity index (χ0v) is 10.3. The Morgan fingerprint density at radius 2 is 2.39 bits per heavy atom. The maximum absolute atomic E-state index is 11.2. The van der Waals surface area contributed by atoms with Crippen molar-refractivity contribution in [3.8, 4) is 0 Å². The standard InChI is InChI=1S/C10H17N5O3/c1-3-18-8(2)13-14-9(16)11-4-6-15-7-5-12-10(15)17/h2-7H2,1H3,(H,11,16)(H,12,17)/b14-13+. The van der Waals surface area contributed by atoms with Gasteiger partial charge in [-0.15, -0.1) is 5.11 Å². The van der Waals surface area contributed by atoms with Crippen LogP contribution in [0.25, 0.3) is 0 Å². The van der Waals surface area contributed by atoms with Gasteiger partial charge in [-0.1, -0.05) is 5.11 Å². The molecule has 8 nitrogen and oxygen atoms in total. The molecule has 1 aliphatic rings. The van der Waals surface area contributed by atoms with Gasteiger partial charge in [0.2, 0.25) is 5.88 Å². The Kier molecular flexibility index (Phi) is 5.62. The quantitative estimate of drug-likeness (QED) is 0.539. The van der Waals surface area contributed by atoms with Crippen LogP contribution >= 0.6 is 0 Å². The molecule has 100 valence electrons. The van der Waals surface area contributed by atoms with Gasteiger partial charge in [-0.05, 0) is 13.5 Å². The van der Waals surface area contributed by atoms with Gasteiger partial charge < -0.3 is 20.3 Å². The summed E-state index contributed by atoms with van der Waals surface area (Å²) in [6.45, 7) is 7.71. The Bertz CT molecular complexity index is 355. The van der Waals surface area contributed by atoms with Crippen LogP contribution in [0.15, 0.2) is 22.7 Å². The van der Waals surface area contributed by atoms with E-state index in [1.165, 1.54) is 0 Å². The number of hydrogen-bond acceptors (Lipinski definition) is 4. The lowest BCUT2D eigenvalue weighted by atomic mass is 10.5. The summed E-state index contributed by atoms with van der Waals surface area (Å²) < 4.78 is 4.90. The van der Waals surface area contributed by atoms with Crippen molar-refractivity contribution in [2.24, 2.45) is 10.2 Å². The number of urea groups is 2. The van der Waals surface area contributed by atoms with Crippen molar-refractivity contribution >= 4 is 12.1 Å². The SMILES string of the molecule is C=C(/N=N/C(=O)NCCN1CCNC1=O)OCC. The predicted molar refractivity (Wildman–Crippen MR) is 64.0 cm³/mol. The van der Waals surface area contributed by atoms with Gasteiger partial charge in [-0.3, -0.25) is 0 Å². The smallest absolute Gasteiger partial charge is 0.359 e. The zero-order chi connectivity index (χ0) is 13.4. The van der Waals surface area contributed by atoms with Gasteiger partial charge in [0.15, 0.2) is 0 Å². The van der Waals surface area contributed by atoms with Crippen LogP contribution in [0.3, 0.4) is 0 Å².